The molecule has 1 aliphatic heterocycles. The summed E-state index contributed by atoms with van der Waals surface area (Å²) in [5.41, 5.74) is 1.88. The molecule has 0 bridgehead atoms. The Morgan fingerprint density at radius 2 is 2.07 bits per heavy atom. The molecule has 0 radical (unpaired) electrons. The van der Waals surface area contributed by atoms with Gasteiger partial charge in [0.15, 0.2) is 11.5 Å². The Hall–Kier alpha value is -2.87. The first-order valence-electron chi connectivity index (χ1n) is 9.09. The van der Waals surface area contributed by atoms with Crippen molar-refractivity contribution in [2.24, 2.45) is 0 Å². The van der Waals surface area contributed by atoms with Crippen LogP contribution in [0.3, 0.4) is 0 Å². The van der Waals surface area contributed by atoms with Crippen molar-refractivity contribution in [1.82, 2.24) is 9.97 Å². The number of thiophene rings is 1. The van der Waals surface area contributed by atoms with Gasteiger partial charge in [-0.3, -0.25) is 0 Å². The van der Waals surface area contributed by atoms with Gasteiger partial charge in [-0.25, -0.2) is 14.8 Å². The van der Waals surface area contributed by atoms with Crippen LogP contribution < -0.4 is 14.8 Å². The van der Waals surface area contributed by atoms with Gasteiger partial charge >= 0.3 is 5.97 Å². The fraction of sp³-hybridized carbons (Fsp3) is 0.350. The van der Waals surface area contributed by atoms with Gasteiger partial charge in [0.2, 0.25) is 6.79 Å². The maximum absolute atomic E-state index is 12.3. The third kappa shape index (κ3) is 3.24. The summed E-state index contributed by atoms with van der Waals surface area (Å²) in [6, 6.07) is 5.85. The summed E-state index contributed by atoms with van der Waals surface area (Å²) >= 11 is 1.34. The van der Waals surface area contributed by atoms with Crippen LogP contribution in [0.1, 0.15) is 46.5 Å². The maximum Gasteiger partial charge on any atom is 0.348 e. The van der Waals surface area contributed by atoms with E-state index >= 15 is 0 Å². The smallest absolute Gasteiger partial charge is 0.348 e. The molecule has 3 aromatic rings. The molecule has 0 saturated carbocycles. The highest BCUT2D eigenvalue weighted by atomic mass is 32.1. The molecule has 1 aromatic carbocycles. The summed E-state index contributed by atoms with van der Waals surface area (Å²) in [7, 11) is 0. The highest BCUT2D eigenvalue weighted by Gasteiger charge is 2.22. The number of carbonyl (C=O) groups is 1. The molecule has 7 nitrogen and oxygen atoms in total. The van der Waals surface area contributed by atoms with Gasteiger partial charge in [0.05, 0.1) is 18.0 Å². The lowest BCUT2D eigenvalue weighted by Gasteiger charge is -2.17. The van der Waals surface area contributed by atoms with Crippen molar-refractivity contribution in [2.75, 3.05) is 18.7 Å². The van der Waals surface area contributed by atoms with Gasteiger partial charge in [-0.15, -0.1) is 11.3 Å². The number of anilines is 1. The molecule has 2 aromatic heterocycles. The van der Waals surface area contributed by atoms with Gasteiger partial charge < -0.3 is 19.5 Å². The molecular formula is C20H21N3O4S. The lowest BCUT2D eigenvalue weighted by atomic mass is 10.1. The first-order chi connectivity index (χ1) is 13.5. The molecule has 3 heterocycles. The number of nitrogens with one attached hydrogen (secondary N) is 1. The van der Waals surface area contributed by atoms with Crippen molar-refractivity contribution >= 4 is 33.3 Å². The standard InChI is InChI=1S/C20H21N3O4S/c1-5-25-20(24)17-10(2)16-18(22-12(4)23-19(16)28-17)21-11(3)13-6-7-14-15(8-13)27-9-26-14/h6-8,11H,5,9H2,1-4H3,(H,21,22,23). The van der Waals surface area contributed by atoms with E-state index in [0.717, 1.165) is 32.8 Å². The Labute approximate surface area is 166 Å². The number of hydrogen-bond acceptors (Lipinski definition) is 8. The molecule has 1 aliphatic rings. The first-order valence-corrected chi connectivity index (χ1v) is 9.90. The van der Waals surface area contributed by atoms with E-state index in [1.165, 1.54) is 11.3 Å². The van der Waals surface area contributed by atoms with Crippen molar-refractivity contribution in [3.8, 4) is 11.5 Å². The van der Waals surface area contributed by atoms with Gasteiger partial charge in [-0.05, 0) is 51.0 Å². The number of aromatic nitrogens is 2. The SMILES string of the molecule is CCOC(=O)c1sc2nc(C)nc(NC(C)c3ccc4c(c3)OCO4)c2c1C. The molecule has 8 heteroatoms. The van der Waals surface area contributed by atoms with E-state index in [4.69, 9.17) is 14.2 Å². The fourth-order valence-corrected chi connectivity index (χ4v) is 4.33. The zero-order valence-corrected chi connectivity index (χ0v) is 17.0. The Balaban J connectivity index is 1.70. The molecular weight excluding hydrogens is 378 g/mol. The largest absolute Gasteiger partial charge is 0.462 e. The number of fused-ring (bicyclic) bond motifs is 2. The van der Waals surface area contributed by atoms with Crippen molar-refractivity contribution in [2.45, 2.75) is 33.7 Å². The molecule has 0 aliphatic carbocycles. The summed E-state index contributed by atoms with van der Waals surface area (Å²) in [5.74, 6) is 2.52. The minimum absolute atomic E-state index is 0.0302. The van der Waals surface area contributed by atoms with E-state index in [2.05, 4.69) is 22.2 Å². The summed E-state index contributed by atoms with van der Waals surface area (Å²) in [6.07, 6.45) is 0. The first kappa shape index (κ1) is 18.5. The minimum atomic E-state index is -0.324. The lowest BCUT2D eigenvalue weighted by Crippen LogP contribution is -2.09. The van der Waals surface area contributed by atoms with Crippen molar-refractivity contribution in [1.29, 1.82) is 0 Å². The summed E-state index contributed by atoms with van der Waals surface area (Å²) in [6.45, 7) is 8.18. The number of hydrogen-bond donors (Lipinski definition) is 1. The number of esters is 1. The molecule has 0 saturated heterocycles. The highest BCUT2D eigenvalue weighted by molar-refractivity contribution is 7.20. The maximum atomic E-state index is 12.3. The van der Waals surface area contributed by atoms with Crippen LogP contribution in [0, 0.1) is 13.8 Å². The Kier molecular flexibility index (Phi) is 4.80. The van der Waals surface area contributed by atoms with E-state index in [9.17, 15) is 4.79 Å². The number of carbonyl (C=O) groups excluding carboxylic acids is 1. The van der Waals surface area contributed by atoms with E-state index < -0.39 is 0 Å². The number of nitrogens with zero attached hydrogens (tertiary/aromatic N) is 2. The average molecular weight is 399 g/mol. The second-order valence-electron chi connectivity index (χ2n) is 6.55. The predicted octanol–water partition coefficient (Wildman–Crippen LogP) is 4.39. The van der Waals surface area contributed by atoms with Gasteiger partial charge in [0, 0.05) is 0 Å². The topological polar surface area (TPSA) is 82.6 Å². The summed E-state index contributed by atoms with van der Waals surface area (Å²) in [5, 5.41) is 4.32. The molecule has 28 heavy (non-hydrogen) atoms. The zero-order chi connectivity index (χ0) is 19.8. The van der Waals surface area contributed by atoms with Gasteiger partial charge in [0.1, 0.15) is 21.3 Å². The van der Waals surface area contributed by atoms with E-state index in [1.54, 1.807) is 6.92 Å². The second kappa shape index (κ2) is 7.27. The fourth-order valence-electron chi connectivity index (χ4n) is 3.21. The van der Waals surface area contributed by atoms with Crippen LogP contribution in [0.25, 0.3) is 10.2 Å². The summed E-state index contributed by atoms with van der Waals surface area (Å²) < 4.78 is 16.0. The Morgan fingerprint density at radius 1 is 1.29 bits per heavy atom. The van der Waals surface area contributed by atoms with E-state index in [-0.39, 0.29) is 18.8 Å². The van der Waals surface area contributed by atoms with Gasteiger partial charge in [0.25, 0.3) is 0 Å². The molecule has 1 atom stereocenters. The van der Waals surface area contributed by atoms with Crippen LogP contribution >= 0.6 is 11.3 Å². The van der Waals surface area contributed by atoms with Crippen molar-refractivity contribution in [3.63, 3.8) is 0 Å². The minimum Gasteiger partial charge on any atom is -0.462 e. The monoisotopic (exact) mass is 399 g/mol. The van der Waals surface area contributed by atoms with Crippen molar-refractivity contribution < 1.29 is 19.0 Å². The van der Waals surface area contributed by atoms with Crippen LogP contribution in [0.5, 0.6) is 11.5 Å². The predicted molar refractivity (Wildman–Crippen MR) is 107 cm³/mol. The normalized spacial score (nSPS) is 13.6. The van der Waals surface area contributed by atoms with Gasteiger partial charge in [-0.2, -0.15) is 0 Å². The molecule has 1 unspecified atom stereocenters. The lowest BCUT2D eigenvalue weighted by molar-refractivity contribution is 0.0531. The molecule has 1 N–H and O–H groups in total. The van der Waals surface area contributed by atoms with E-state index in [1.807, 2.05) is 32.0 Å². The molecule has 0 amide bonds. The number of ether oxygens (including phenoxy) is 3. The van der Waals surface area contributed by atoms with Crippen molar-refractivity contribution in [3.05, 3.63) is 40.0 Å². The third-order valence-corrected chi connectivity index (χ3v) is 5.78. The van der Waals surface area contributed by atoms with Crippen LogP contribution in [-0.4, -0.2) is 29.3 Å². The molecule has 146 valence electrons. The molecule has 4 rings (SSSR count). The quantitative estimate of drug-likeness (QED) is 0.637. The number of benzene rings is 1. The van der Waals surface area contributed by atoms with Crippen LogP contribution in [0.15, 0.2) is 18.2 Å². The Bertz CT molecular complexity index is 1060. The third-order valence-electron chi connectivity index (χ3n) is 4.61. The van der Waals surface area contributed by atoms with Crippen LogP contribution in [-0.2, 0) is 4.74 Å². The van der Waals surface area contributed by atoms with Crippen LogP contribution in [0.2, 0.25) is 0 Å². The number of aryl methyl sites for hydroxylation is 2. The zero-order valence-electron chi connectivity index (χ0n) is 16.2. The van der Waals surface area contributed by atoms with Crippen LogP contribution in [0.4, 0.5) is 5.82 Å². The Morgan fingerprint density at radius 3 is 2.86 bits per heavy atom. The molecule has 0 fully saturated rings. The number of rotatable bonds is 5. The second-order valence-corrected chi connectivity index (χ2v) is 7.55. The molecule has 0 spiro atoms. The average Bonchev–Trinajstić information content (AvgIpc) is 3.25. The highest BCUT2D eigenvalue weighted by Crippen LogP contribution is 2.37. The van der Waals surface area contributed by atoms with Gasteiger partial charge in [-0.1, -0.05) is 6.07 Å². The summed E-state index contributed by atoms with van der Waals surface area (Å²) in [4.78, 5) is 22.7. The van der Waals surface area contributed by atoms with E-state index in [0.29, 0.717) is 23.1 Å².